The van der Waals surface area contributed by atoms with Crippen molar-refractivity contribution in [2.75, 3.05) is 5.73 Å². The van der Waals surface area contributed by atoms with Crippen LogP contribution in [-0.2, 0) is 11.3 Å². The number of halogens is 1. The molecule has 1 amide bonds. The van der Waals surface area contributed by atoms with Gasteiger partial charge in [-0.1, -0.05) is 17.2 Å². The number of amides is 1. The zero-order valence-electron chi connectivity index (χ0n) is 9.69. The third-order valence-corrected chi connectivity index (χ3v) is 2.03. The standard InChI is InChI=1S/C10H10FN7O/c11-8-3-1-7(2-4-8)5-13-14-9(19)6-18-16-10(12)15-17-18/h1-5H,6H2,(H2,12,16)(H,14,19)/b13-5+. The number of tetrazole rings is 1. The molecule has 0 spiro atoms. The topological polar surface area (TPSA) is 111 Å². The maximum Gasteiger partial charge on any atom is 0.263 e. The molecule has 9 heteroatoms. The van der Waals surface area contributed by atoms with Crippen LogP contribution in [0.4, 0.5) is 10.3 Å². The summed E-state index contributed by atoms with van der Waals surface area (Å²) in [4.78, 5) is 12.5. The van der Waals surface area contributed by atoms with Crippen LogP contribution in [0.25, 0.3) is 0 Å². The lowest BCUT2D eigenvalue weighted by Crippen LogP contribution is -2.24. The van der Waals surface area contributed by atoms with Gasteiger partial charge in [-0.05, 0) is 22.9 Å². The van der Waals surface area contributed by atoms with E-state index in [1.165, 1.54) is 30.5 Å². The Labute approximate surface area is 107 Å². The second kappa shape index (κ2) is 5.67. The van der Waals surface area contributed by atoms with Gasteiger partial charge in [0.2, 0.25) is 0 Å². The number of aromatic nitrogens is 4. The fraction of sp³-hybridized carbons (Fsp3) is 0.100. The van der Waals surface area contributed by atoms with Crippen molar-refractivity contribution in [3.8, 4) is 0 Å². The number of rotatable bonds is 4. The molecule has 1 aromatic heterocycles. The molecule has 3 N–H and O–H groups in total. The molecule has 2 aromatic rings. The smallest absolute Gasteiger partial charge is 0.263 e. The summed E-state index contributed by atoms with van der Waals surface area (Å²) in [6, 6.07) is 5.66. The second-order valence-corrected chi connectivity index (χ2v) is 3.52. The molecule has 8 nitrogen and oxygen atoms in total. The molecule has 98 valence electrons. The van der Waals surface area contributed by atoms with Crippen molar-refractivity contribution in [1.29, 1.82) is 0 Å². The highest BCUT2D eigenvalue weighted by Crippen LogP contribution is 1.99. The van der Waals surface area contributed by atoms with Crippen molar-refractivity contribution >= 4 is 18.1 Å². The van der Waals surface area contributed by atoms with Crippen molar-refractivity contribution in [3.63, 3.8) is 0 Å². The SMILES string of the molecule is Nc1nnn(CC(=O)N/N=C/c2ccc(F)cc2)n1. The monoisotopic (exact) mass is 263 g/mol. The van der Waals surface area contributed by atoms with Crippen molar-refractivity contribution < 1.29 is 9.18 Å². The van der Waals surface area contributed by atoms with Gasteiger partial charge in [0.1, 0.15) is 12.4 Å². The number of hydrazone groups is 1. The molecule has 0 bridgehead atoms. The molecule has 0 atom stereocenters. The van der Waals surface area contributed by atoms with E-state index in [1.807, 2.05) is 0 Å². The van der Waals surface area contributed by atoms with E-state index in [2.05, 4.69) is 25.9 Å². The van der Waals surface area contributed by atoms with Gasteiger partial charge in [-0.2, -0.15) is 9.90 Å². The van der Waals surface area contributed by atoms with E-state index in [0.29, 0.717) is 5.56 Å². The van der Waals surface area contributed by atoms with E-state index in [1.54, 1.807) is 0 Å². The summed E-state index contributed by atoms with van der Waals surface area (Å²) >= 11 is 0. The first kappa shape index (κ1) is 12.6. The predicted octanol–water partition coefficient (Wildman–Crippen LogP) is -0.455. The van der Waals surface area contributed by atoms with Crippen molar-refractivity contribution in [2.45, 2.75) is 6.54 Å². The molecule has 19 heavy (non-hydrogen) atoms. The molecule has 0 saturated carbocycles. The van der Waals surface area contributed by atoms with Crippen LogP contribution in [0.3, 0.4) is 0 Å². The molecular weight excluding hydrogens is 253 g/mol. The fourth-order valence-corrected chi connectivity index (χ4v) is 1.21. The summed E-state index contributed by atoms with van der Waals surface area (Å²) in [6.45, 7) is -0.148. The van der Waals surface area contributed by atoms with Gasteiger partial charge in [-0.3, -0.25) is 4.79 Å². The van der Waals surface area contributed by atoms with E-state index < -0.39 is 5.91 Å². The summed E-state index contributed by atoms with van der Waals surface area (Å²) in [5, 5.41) is 14.3. The molecular formula is C10H10FN7O. The number of nitrogen functional groups attached to an aromatic ring is 1. The predicted molar refractivity (Wildman–Crippen MR) is 64.4 cm³/mol. The molecule has 0 aliphatic carbocycles. The summed E-state index contributed by atoms with van der Waals surface area (Å²) < 4.78 is 12.6. The fourth-order valence-electron chi connectivity index (χ4n) is 1.21. The molecule has 0 aliphatic heterocycles. The van der Waals surface area contributed by atoms with Gasteiger partial charge in [0, 0.05) is 0 Å². The van der Waals surface area contributed by atoms with Gasteiger partial charge in [0.15, 0.2) is 0 Å². The Bertz CT molecular complexity index is 592. The first-order chi connectivity index (χ1) is 9.13. The van der Waals surface area contributed by atoms with E-state index in [9.17, 15) is 9.18 Å². The van der Waals surface area contributed by atoms with Crippen LogP contribution < -0.4 is 11.2 Å². The minimum absolute atomic E-state index is 0.0115. The Morgan fingerprint density at radius 1 is 1.47 bits per heavy atom. The van der Waals surface area contributed by atoms with Crippen LogP contribution in [0.15, 0.2) is 29.4 Å². The maximum absolute atomic E-state index is 12.6. The Kier molecular flexibility index (Phi) is 3.76. The molecule has 0 aliphatic rings. The molecule has 2 rings (SSSR count). The van der Waals surface area contributed by atoms with E-state index >= 15 is 0 Å². The molecule has 0 unspecified atom stereocenters. The van der Waals surface area contributed by atoms with Gasteiger partial charge >= 0.3 is 0 Å². The summed E-state index contributed by atoms with van der Waals surface area (Å²) in [5.41, 5.74) is 8.17. The largest absolute Gasteiger partial charge is 0.365 e. The number of benzene rings is 1. The molecule has 1 aromatic carbocycles. The Balaban J connectivity index is 1.84. The van der Waals surface area contributed by atoms with Crippen molar-refractivity contribution in [2.24, 2.45) is 5.10 Å². The molecule has 0 saturated heterocycles. The summed E-state index contributed by atoms with van der Waals surface area (Å²) in [6.07, 6.45) is 1.39. The Morgan fingerprint density at radius 3 is 2.84 bits per heavy atom. The van der Waals surface area contributed by atoms with Gasteiger partial charge in [-0.25, -0.2) is 9.82 Å². The van der Waals surface area contributed by atoms with Gasteiger partial charge in [0.05, 0.1) is 6.21 Å². The van der Waals surface area contributed by atoms with Crippen LogP contribution >= 0.6 is 0 Å². The average molecular weight is 263 g/mol. The maximum atomic E-state index is 12.6. The lowest BCUT2D eigenvalue weighted by Gasteiger charge is -1.97. The number of carbonyl (C=O) groups is 1. The quantitative estimate of drug-likeness (QED) is 0.573. The number of nitrogens with one attached hydrogen (secondary N) is 1. The highest BCUT2D eigenvalue weighted by Gasteiger charge is 2.04. The third-order valence-electron chi connectivity index (χ3n) is 2.03. The first-order valence-corrected chi connectivity index (χ1v) is 5.24. The van der Waals surface area contributed by atoms with E-state index in [0.717, 1.165) is 4.80 Å². The van der Waals surface area contributed by atoms with Crippen LogP contribution in [0.2, 0.25) is 0 Å². The van der Waals surface area contributed by atoms with Crippen LogP contribution in [-0.4, -0.2) is 32.3 Å². The van der Waals surface area contributed by atoms with Crippen LogP contribution in [0.5, 0.6) is 0 Å². The number of carbonyl (C=O) groups excluding carboxylic acids is 1. The van der Waals surface area contributed by atoms with E-state index in [4.69, 9.17) is 5.73 Å². The summed E-state index contributed by atoms with van der Waals surface area (Å²) in [7, 11) is 0. The zero-order valence-corrected chi connectivity index (χ0v) is 9.69. The van der Waals surface area contributed by atoms with Gasteiger partial charge in [0.25, 0.3) is 11.9 Å². The lowest BCUT2D eigenvalue weighted by atomic mass is 10.2. The lowest BCUT2D eigenvalue weighted by molar-refractivity contribution is -0.122. The Morgan fingerprint density at radius 2 is 2.21 bits per heavy atom. The first-order valence-electron chi connectivity index (χ1n) is 5.24. The zero-order chi connectivity index (χ0) is 13.7. The number of hydrogen-bond acceptors (Lipinski definition) is 6. The molecule has 0 radical (unpaired) electrons. The normalized spacial score (nSPS) is 10.8. The third kappa shape index (κ3) is 3.84. The van der Waals surface area contributed by atoms with Gasteiger partial charge < -0.3 is 5.73 Å². The Hall–Kier alpha value is -2.84. The number of anilines is 1. The second-order valence-electron chi connectivity index (χ2n) is 3.52. The van der Waals surface area contributed by atoms with Crippen molar-refractivity contribution in [1.82, 2.24) is 25.6 Å². The minimum atomic E-state index is -0.434. The summed E-state index contributed by atoms with van der Waals surface area (Å²) in [5.74, 6) is -0.783. The molecule has 0 fully saturated rings. The van der Waals surface area contributed by atoms with E-state index in [-0.39, 0.29) is 18.3 Å². The number of nitrogens with two attached hydrogens (primary N) is 1. The van der Waals surface area contributed by atoms with Crippen LogP contribution in [0.1, 0.15) is 5.56 Å². The minimum Gasteiger partial charge on any atom is -0.365 e. The highest BCUT2D eigenvalue weighted by atomic mass is 19.1. The van der Waals surface area contributed by atoms with Gasteiger partial charge in [-0.15, -0.1) is 5.10 Å². The van der Waals surface area contributed by atoms with Crippen molar-refractivity contribution in [3.05, 3.63) is 35.6 Å². The number of hydrogen-bond donors (Lipinski definition) is 2. The molecule has 1 heterocycles. The average Bonchev–Trinajstić information content (AvgIpc) is 2.77. The highest BCUT2D eigenvalue weighted by molar-refractivity contribution is 5.82. The number of nitrogens with zero attached hydrogens (tertiary/aromatic N) is 5. The van der Waals surface area contributed by atoms with Crippen LogP contribution in [0, 0.1) is 5.82 Å².